The van der Waals surface area contributed by atoms with E-state index in [-0.39, 0.29) is 5.41 Å². The molecule has 0 amide bonds. The van der Waals surface area contributed by atoms with Crippen molar-refractivity contribution in [2.45, 2.75) is 57.3 Å². The van der Waals surface area contributed by atoms with Gasteiger partial charge in [-0.15, -0.1) is 0 Å². The normalized spacial score (nSPS) is 21.7. The second-order valence-electron chi connectivity index (χ2n) is 6.80. The van der Waals surface area contributed by atoms with E-state index in [1.807, 2.05) is 0 Å². The van der Waals surface area contributed by atoms with Crippen molar-refractivity contribution in [1.29, 1.82) is 0 Å². The van der Waals surface area contributed by atoms with Crippen LogP contribution < -0.4 is 10.5 Å². The first-order chi connectivity index (χ1) is 9.73. The van der Waals surface area contributed by atoms with E-state index in [2.05, 4.69) is 25.1 Å². The summed E-state index contributed by atoms with van der Waals surface area (Å²) in [6.07, 6.45) is 9.08. The van der Waals surface area contributed by atoms with Gasteiger partial charge in [0, 0.05) is 17.5 Å². The van der Waals surface area contributed by atoms with E-state index in [9.17, 15) is 0 Å². The first-order valence-electron chi connectivity index (χ1n) is 8.17. The Morgan fingerprint density at radius 2 is 1.95 bits per heavy atom. The number of benzene rings is 1. The minimum atomic E-state index is 0.168. The van der Waals surface area contributed by atoms with Gasteiger partial charge in [0.05, 0.1) is 6.61 Å². The van der Waals surface area contributed by atoms with E-state index in [4.69, 9.17) is 10.5 Å². The average molecular weight is 273 g/mol. The second-order valence-corrected chi connectivity index (χ2v) is 6.80. The highest BCUT2D eigenvalue weighted by Crippen LogP contribution is 2.44. The van der Waals surface area contributed by atoms with E-state index in [0.29, 0.717) is 0 Å². The Balaban J connectivity index is 1.84. The molecule has 3 rings (SSSR count). The van der Waals surface area contributed by atoms with Crippen LogP contribution >= 0.6 is 0 Å². The Hall–Kier alpha value is -1.02. The van der Waals surface area contributed by atoms with Crippen molar-refractivity contribution in [3.05, 3.63) is 29.3 Å². The lowest BCUT2D eigenvalue weighted by Gasteiger charge is -2.32. The maximum Gasteiger partial charge on any atom is 0.123 e. The highest BCUT2D eigenvalue weighted by atomic mass is 16.5. The first kappa shape index (κ1) is 13.9. The summed E-state index contributed by atoms with van der Waals surface area (Å²) in [4.78, 5) is 0. The molecule has 0 radical (unpaired) electrons. The molecule has 0 aromatic heterocycles. The third kappa shape index (κ3) is 2.58. The maximum atomic E-state index is 6.18. The fourth-order valence-corrected chi connectivity index (χ4v) is 3.69. The van der Waals surface area contributed by atoms with Crippen LogP contribution in [0.25, 0.3) is 0 Å². The topological polar surface area (TPSA) is 35.2 Å². The van der Waals surface area contributed by atoms with Crippen molar-refractivity contribution in [2.75, 3.05) is 13.2 Å². The highest BCUT2D eigenvalue weighted by molar-refractivity contribution is 5.43. The number of rotatable bonds is 5. The van der Waals surface area contributed by atoms with Crippen LogP contribution in [0.3, 0.4) is 0 Å². The SMILES string of the molecule is Cc1ccc(OCC2CCC2)c(C2(CN)CCCC2)c1. The molecule has 0 aliphatic heterocycles. The van der Waals surface area contributed by atoms with Gasteiger partial charge in [0.2, 0.25) is 0 Å². The van der Waals surface area contributed by atoms with Gasteiger partial charge in [-0.2, -0.15) is 0 Å². The standard InChI is InChI=1S/C18H27NO/c1-14-7-8-17(20-12-15-5-4-6-15)16(11-14)18(13-19)9-2-3-10-18/h7-8,11,15H,2-6,9-10,12-13,19H2,1H3. The van der Waals surface area contributed by atoms with Gasteiger partial charge in [-0.25, -0.2) is 0 Å². The molecule has 1 aromatic carbocycles. The summed E-state index contributed by atoms with van der Waals surface area (Å²) in [6.45, 7) is 3.80. The van der Waals surface area contributed by atoms with Crippen molar-refractivity contribution in [1.82, 2.24) is 0 Å². The summed E-state index contributed by atoms with van der Waals surface area (Å²) >= 11 is 0. The molecule has 2 N–H and O–H groups in total. The van der Waals surface area contributed by atoms with Crippen molar-refractivity contribution in [3.8, 4) is 5.75 Å². The number of aryl methyl sites for hydroxylation is 1. The summed E-state index contributed by atoms with van der Waals surface area (Å²) in [5.74, 6) is 1.87. The summed E-state index contributed by atoms with van der Waals surface area (Å²) in [5.41, 5.74) is 9.01. The molecule has 0 atom stereocenters. The molecule has 20 heavy (non-hydrogen) atoms. The molecule has 0 bridgehead atoms. The number of nitrogens with two attached hydrogens (primary N) is 1. The molecule has 2 nitrogen and oxygen atoms in total. The molecule has 0 spiro atoms. The largest absolute Gasteiger partial charge is 0.493 e. The molecule has 2 aliphatic carbocycles. The summed E-state index contributed by atoms with van der Waals surface area (Å²) in [6, 6.07) is 6.64. The predicted octanol–water partition coefficient (Wildman–Crippen LogP) is 3.94. The number of hydrogen-bond donors (Lipinski definition) is 1. The molecule has 1 aromatic rings. The van der Waals surface area contributed by atoms with E-state index in [1.165, 1.54) is 56.1 Å². The van der Waals surface area contributed by atoms with Gasteiger partial charge in [0.25, 0.3) is 0 Å². The zero-order valence-electron chi connectivity index (χ0n) is 12.7. The smallest absolute Gasteiger partial charge is 0.123 e. The minimum Gasteiger partial charge on any atom is -0.493 e. The number of hydrogen-bond acceptors (Lipinski definition) is 2. The quantitative estimate of drug-likeness (QED) is 0.881. The predicted molar refractivity (Wildman–Crippen MR) is 83.2 cm³/mol. The van der Waals surface area contributed by atoms with E-state index in [1.54, 1.807) is 0 Å². The Bertz CT molecular complexity index is 458. The van der Waals surface area contributed by atoms with Crippen molar-refractivity contribution in [2.24, 2.45) is 11.7 Å². The average Bonchev–Trinajstić information content (AvgIpc) is 2.88. The Kier molecular flexibility index (Phi) is 4.02. The van der Waals surface area contributed by atoms with Crippen LogP contribution in [-0.2, 0) is 5.41 Å². The zero-order chi connectivity index (χ0) is 14.0. The molecule has 0 unspecified atom stereocenters. The van der Waals surface area contributed by atoms with Gasteiger partial charge in [-0.1, -0.05) is 37.0 Å². The highest BCUT2D eigenvalue weighted by Gasteiger charge is 2.36. The van der Waals surface area contributed by atoms with Crippen LogP contribution in [0.4, 0.5) is 0 Å². The van der Waals surface area contributed by atoms with Gasteiger partial charge in [-0.3, -0.25) is 0 Å². The summed E-state index contributed by atoms with van der Waals surface area (Å²) < 4.78 is 6.18. The second kappa shape index (κ2) is 5.77. The van der Waals surface area contributed by atoms with Crippen LogP contribution in [0.5, 0.6) is 5.75 Å². The van der Waals surface area contributed by atoms with Crippen molar-refractivity contribution >= 4 is 0 Å². The molecular weight excluding hydrogens is 246 g/mol. The monoisotopic (exact) mass is 273 g/mol. The van der Waals surface area contributed by atoms with Gasteiger partial charge in [-0.05, 0) is 44.6 Å². The molecule has 2 fully saturated rings. The van der Waals surface area contributed by atoms with E-state index >= 15 is 0 Å². The minimum absolute atomic E-state index is 0.168. The van der Waals surface area contributed by atoms with Gasteiger partial charge < -0.3 is 10.5 Å². The Morgan fingerprint density at radius 3 is 2.55 bits per heavy atom. The summed E-state index contributed by atoms with van der Waals surface area (Å²) in [7, 11) is 0. The molecule has 2 heteroatoms. The van der Waals surface area contributed by atoms with Gasteiger partial charge in [0.15, 0.2) is 0 Å². The van der Waals surface area contributed by atoms with Crippen LogP contribution in [0.15, 0.2) is 18.2 Å². The van der Waals surface area contributed by atoms with Crippen LogP contribution in [-0.4, -0.2) is 13.2 Å². The Morgan fingerprint density at radius 1 is 1.20 bits per heavy atom. The van der Waals surface area contributed by atoms with E-state index in [0.717, 1.165) is 24.8 Å². The zero-order valence-corrected chi connectivity index (χ0v) is 12.7. The van der Waals surface area contributed by atoms with E-state index < -0.39 is 0 Å². The maximum absolute atomic E-state index is 6.18. The van der Waals surface area contributed by atoms with Crippen LogP contribution in [0.2, 0.25) is 0 Å². The Labute approximate surface area is 122 Å². The lowest BCUT2D eigenvalue weighted by atomic mass is 9.78. The lowest BCUT2D eigenvalue weighted by Crippen LogP contribution is -2.33. The lowest BCUT2D eigenvalue weighted by molar-refractivity contribution is 0.177. The summed E-state index contributed by atoms with van der Waals surface area (Å²) in [5, 5.41) is 0. The van der Waals surface area contributed by atoms with Crippen molar-refractivity contribution in [3.63, 3.8) is 0 Å². The third-order valence-corrected chi connectivity index (χ3v) is 5.36. The molecule has 110 valence electrons. The number of ether oxygens (including phenoxy) is 1. The molecular formula is C18H27NO. The fraction of sp³-hybridized carbons (Fsp3) is 0.667. The van der Waals surface area contributed by atoms with Crippen LogP contribution in [0, 0.1) is 12.8 Å². The van der Waals surface area contributed by atoms with Crippen LogP contribution in [0.1, 0.15) is 56.1 Å². The van der Waals surface area contributed by atoms with Gasteiger partial charge in [0.1, 0.15) is 5.75 Å². The molecule has 0 saturated heterocycles. The molecule has 0 heterocycles. The third-order valence-electron chi connectivity index (χ3n) is 5.36. The molecule has 2 aliphatic rings. The first-order valence-corrected chi connectivity index (χ1v) is 8.17. The van der Waals surface area contributed by atoms with Crippen molar-refractivity contribution < 1.29 is 4.74 Å². The molecule has 2 saturated carbocycles. The van der Waals surface area contributed by atoms with Gasteiger partial charge >= 0.3 is 0 Å². The fourth-order valence-electron chi connectivity index (χ4n) is 3.69.